The molecule has 0 aliphatic rings. The first-order valence-electron chi connectivity index (χ1n) is 5.07. The number of nitrogens with one attached hydrogen (secondary N) is 1. The minimum absolute atomic E-state index is 1.11. The van der Waals surface area contributed by atoms with Gasteiger partial charge in [-0.1, -0.05) is 0 Å². The molecule has 0 aromatic rings. The van der Waals surface area contributed by atoms with E-state index in [-0.39, 0.29) is 0 Å². The van der Waals surface area contributed by atoms with E-state index in [1.807, 2.05) is 0 Å². The van der Waals surface area contributed by atoms with E-state index >= 15 is 0 Å². The summed E-state index contributed by atoms with van der Waals surface area (Å²) in [7, 11) is 8.07. The second-order valence-electron chi connectivity index (χ2n) is 4.43. The van der Waals surface area contributed by atoms with Crippen molar-refractivity contribution in [3.8, 4) is 0 Å². The summed E-state index contributed by atoms with van der Waals surface area (Å²) in [6, 6.07) is 0. The first-order chi connectivity index (χ1) is 5.56. The summed E-state index contributed by atoms with van der Waals surface area (Å²) in [5.41, 5.74) is 0. The molecule has 0 amide bonds. The molecule has 0 saturated carbocycles. The Morgan fingerprint density at radius 1 is 1.08 bits per heavy atom. The average Bonchev–Trinajstić information content (AvgIpc) is 1.94. The van der Waals surface area contributed by atoms with E-state index in [1.54, 1.807) is 0 Å². The molecule has 0 aromatic heterocycles. The van der Waals surface area contributed by atoms with E-state index in [1.165, 1.54) is 48.8 Å². The van der Waals surface area contributed by atoms with Gasteiger partial charge in [-0.3, -0.25) is 0 Å². The molecule has 0 radical (unpaired) electrons. The molecule has 0 bridgehead atoms. The Labute approximate surface area is 80.3 Å². The summed E-state index contributed by atoms with van der Waals surface area (Å²) < 4.78 is 1.11. The van der Waals surface area contributed by atoms with Crippen molar-refractivity contribution in [2.45, 2.75) is 19.3 Å². The molecule has 0 atom stereocenters. The molecule has 0 aliphatic carbocycles. The van der Waals surface area contributed by atoms with Gasteiger partial charge in [0.15, 0.2) is 0 Å². The lowest BCUT2D eigenvalue weighted by Crippen LogP contribution is -2.35. The van der Waals surface area contributed by atoms with Crippen molar-refractivity contribution < 1.29 is 4.48 Å². The summed E-state index contributed by atoms with van der Waals surface area (Å²) in [5.74, 6) is 0. The molecular formula is C9H25N2Si+. The number of hydrogen-bond acceptors (Lipinski definition) is 1. The molecule has 0 rings (SSSR count). The fourth-order valence-electron chi connectivity index (χ4n) is 1.19. The molecule has 0 unspecified atom stereocenters. The van der Waals surface area contributed by atoms with E-state index in [9.17, 15) is 0 Å². The van der Waals surface area contributed by atoms with Crippen molar-refractivity contribution in [2.24, 2.45) is 0 Å². The van der Waals surface area contributed by atoms with Gasteiger partial charge in [-0.05, 0) is 32.0 Å². The number of unbranched alkanes of at least 4 members (excludes halogenated alkanes) is 2. The Kier molecular flexibility index (Phi) is 6.71. The van der Waals surface area contributed by atoms with E-state index in [2.05, 4.69) is 26.5 Å². The van der Waals surface area contributed by atoms with E-state index in [0.717, 1.165) is 4.48 Å². The lowest BCUT2D eigenvalue weighted by molar-refractivity contribution is -0.870. The van der Waals surface area contributed by atoms with Crippen LogP contribution in [-0.2, 0) is 0 Å². The maximum atomic E-state index is 3.40. The van der Waals surface area contributed by atoms with Gasteiger partial charge in [0.1, 0.15) is 0 Å². The van der Waals surface area contributed by atoms with Gasteiger partial charge < -0.3 is 9.80 Å². The maximum Gasteiger partial charge on any atom is 0.0780 e. The van der Waals surface area contributed by atoms with Gasteiger partial charge in [0.05, 0.1) is 27.7 Å². The lowest BCUT2D eigenvalue weighted by atomic mass is 10.2. The van der Waals surface area contributed by atoms with Crippen molar-refractivity contribution in [1.82, 2.24) is 5.32 Å². The standard InChI is InChI=1S/C9H25N2Si/c1-11(2,3)8-6-4-5-7-10-9-12/h10H,4-9H2,1-3,12H3/q+1. The number of hydrogen-bond donors (Lipinski definition) is 1. The third kappa shape index (κ3) is 10.1. The minimum atomic E-state index is 1.11. The summed E-state index contributed by atoms with van der Waals surface area (Å²) in [5, 5.41) is 3.40. The van der Waals surface area contributed by atoms with Gasteiger partial charge in [-0.2, -0.15) is 0 Å². The van der Waals surface area contributed by atoms with Crippen LogP contribution in [0.4, 0.5) is 0 Å². The quantitative estimate of drug-likeness (QED) is 0.332. The van der Waals surface area contributed by atoms with Crippen molar-refractivity contribution in [2.75, 3.05) is 40.4 Å². The van der Waals surface area contributed by atoms with Crippen LogP contribution < -0.4 is 5.32 Å². The van der Waals surface area contributed by atoms with Crippen LogP contribution in [0.3, 0.4) is 0 Å². The highest BCUT2D eigenvalue weighted by Gasteiger charge is 2.04. The van der Waals surface area contributed by atoms with Crippen molar-refractivity contribution >= 4 is 10.2 Å². The molecule has 74 valence electrons. The van der Waals surface area contributed by atoms with Crippen LogP contribution in [0.2, 0.25) is 0 Å². The maximum absolute atomic E-state index is 3.40. The number of rotatable bonds is 7. The monoisotopic (exact) mass is 189 g/mol. The fourth-order valence-corrected chi connectivity index (χ4v) is 1.54. The SMILES string of the molecule is C[N+](C)(C)CCCCCNC[SiH3]. The number of quaternary nitrogens is 1. The van der Waals surface area contributed by atoms with Crippen LogP contribution in [0.15, 0.2) is 0 Å². The molecule has 1 N–H and O–H groups in total. The summed E-state index contributed by atoms with van der Waals surface area (Å²) in [6.45, 7) is 2.53. The third-order valence-corrected chi connectivity index (χ3v) is 2.43. The lowest BCUT2D eigenvalue weighted by Gasteiger charge is -2.23. The average molecular weight is 189 g/mol. The van der Waals surface area contributed by atoms with Crippen LogP contribution in [0.25, 0.3) is 0 Å². The Morgan fingerprint density at radius 2 is 1.75 bits per heavy atom. The fraction of sp³-hybridized carbons (Fsp3) is 1.00. The molecule has 0 heterocycles. The van der Waals surface area contributed by atoms with Crippen molar-refractivity contribution in [3.63, 3.8) is 0 Å². The molecule has 3 heteroatoms. The smallest absolute Gasteiger partial charge is 0.0780 e. The molecule has 0 aliphatic heterocycles. The predicted molar refractivity (Wildman–Crippen MR) is 59.6 cm³/mol. The van der Waals surface area contributed by atoms with E-state index in [0.29, 0.717) is 0 Å². The van der Waals surface area contributed by atoms with Crippen LogP contribution in [-0.4, -0.2) is 55.1 Å². The van der Waals surface area contributed by atoms with Gasteiger partial charge in [-0.25, -0.2) is 0 Å². The Balaban J connectivity index is 3.01. The highest BCUT2D eigenvalue weighted by Crippen LogP contribution is 1.99. The zero-order valence-corrected chi connectivity index (χ0v) is 11.2. The highest BCUT2D eigenvalue weighted by atomic mass is 28.1. The molecule has 2 nitrogen and oxygen atoms in total. The first-order valence-corrected chi connectivity index (χ1v) is 6.49. The van der Waals surface area contributed by atoms with Crippen LogP contribution in [0.1, 0.15) is 19.3 Å². The van der Waals surface area contributed by atoms with Gasteiger partial charge >= 0.3 is 0 Å². The Morgan fingerprint density at radius 3 is 2.25 bits per heavy atom. The van der Waals surface area contributed by atoms with Crippen molar-refractivity contribution in [1.29, 1.82) is 0 Å². The van der Waals surface area contributed by atoms with Gasteiger partial charge in [0.2, 0.25) is 0 Å². The molecule has 0 saturated heterocycles. The Hall–Kier alpha value is 0.137. The second-order valence-corrected chi connectivity index (χ2v) is 5.14. The Bertz CT molecular complexity index is 99.2. The predicted octanol–water partition coefficient (Wildman–Crippen LogP) is -0.225. The second kappa shape index (κ2) is 6.63. The highest BCUT2D eigenvalue weighted by molar-refractivity contribution is 6.08. The van der Waals surface area contributed by atoms with E-state index < -0.39 is 0 Å². The minimum Gasteiger partial charge on any atom is -0.331 e. The molecular weight excluding hydrogens is 164 g/mol. The van der Waals surface area contributed by atoms with Crippen LogP contribution in [0.5, 0.6) is 0 Å². The summed E-state index contributed by atoms with van der Waals surface area (Å²) in [6.07, 6.45) is 5.34. The van der Waals surface area contributed by atoms with Crippen LogP contribution >= 0.6 is 0 Å². The van der Waals surface area contributed by atoms with Gasteiger partial charge in [0.25, 0.3) is 0 Å². The molecule has 0 aromatic carbocycles. The third-order valence-electron chi connectivity index (χ3n) is 1.93. The molecule has 12 heavy (non-hydrogen) atoms. The van der Waals surface area contributed by atoms with Crippen molar-refractivity contribution in [3.05, 3.63) is 0 Å². The van der Waals surface area contributed by atoms with E-state index in [4.69, 9.17) is 0 Å². The molecule has 0 spiro atoms. The van der Waals surface area contributed by atoms with Crippen LogP contribution in [0, 0.1) is 0 Å². The summed E-state index contributed by atoms with van der Waals surface area (Å²) in [4.78, 5) is 0. The zero-order chi connectivity index (χ0) is 9.45. The largest absolute Gasteiger partial charge is 0.331 e. The topological polar surface area (TPSA) is 12.0 Å². The van der Waals surface area contributed by atoms with Gasteiger partial charge in [0, 0.05) is 10.2 Å². The zero-order valence-electron chi connectivity index (χ0n) is 9.19. The summed E-state index contributed by atoms with van der Waals surface area (Å²) >= 11 is 0. The normalized spacial score (nSPS) is 12.2. The first kappa shape index (κ1) is 12.1. The van der Waals surface area contributed by atoms with Gasteiger partial charge in [-0.15, -0.1) is 0 Å². The number of nitrogens with zero attached hydrogens (tertiary/aromatic N) is 1. The molecule has 0 fully saturated rings.